The lowest BCUT2D eigenvalue weighted by Crippen LogP contribution is -2.64. The van der Waals surface area contributed by atoms with E-state index in [0.29, 0.717) is 0 Å². The number of carbonyl (C=O) groups excluding carboxylic acids is 5. The highest BCUT2D eigenvalue weighted by molar-refractivity contribution is 5.97. The normalized spacial score (nSPS) is 39.8. The fourth-order valence-corrected chi connectivity index (χ4v) is 8.64. The van der Waals surface area contributed by atoms with Crippen LogP contribution in [-0.4, -0.2) is 76.5 Å². The van der Waals surface area contributed by atoms with E-state index in [9.17, 15) is 29.1 Å². The molecular weight excluding hydrogens is 572 g/mol. The lowest BCUT2D eigenvalue weighted by atomic mass is 9.54. The molecule has 1 saturated heterocycles. The van der Waals surface area contributed by atoms with Gasteiger partial charge < -0.3 is 28.8 Å². The van der Waals surface area contributed by atoms with Crippen molar-refractivity contribution in [2.45, 2.75) is 90.0 Å². The zero-order valence-electron chi connectivity index (χ0n) is 26.0. The summed E-state index contributed by atoms with van der Waals surface area (Å²) in [5, 5.41) is 12.6. The molecule has 11 nitrogen and oxygen atoms in total. The lowest BCUT2D eigenvalue weighted by Gasteiger charge is -2.53. The van der Waals surface area contributed by atoms with E-state index >= 15 is 0 Å². The highest BCUT2D eigenvalue weighted by atomic mass is 16.6. The van der Waals surface area contributed by atoms with Gasteiger partial charge in [0.05, 0.1) is 22.5 Å². The summed E-state index contributed by atoms with van der Waals surface area (Å²) < 4.78 is 30.4. The Labute approximate surface area is 256 Å². The number of carbonyl (C=O) groups is 5. The van der Waals surface area contributed by atoms with Crippen molar-refractivity contribution >= 4 is 29.7 Å². The van der Waals surface area contributed by atoms with Crippen LogP contribution in [0.3, 0.4) is 0 Å². The van der Waals surface area contributed by atoms with Crippen LogP contribution in [0.25, 0.3) is 0 Å². The minimum absolute atomic E-state index is 0.125. The topological polar surface area (TPSA) is 152 Å². The molecule has 0 aromatic heterocycles. The highest BCUT2D eigenvalue weighted by Gasteiger charge is 2.80. The number of hydrogen-bond donors (Lipinski definition) is 1. The van der Waals surface area contributed by atoms with E-state index < -0.39 is 100 Å². The van der Waals surface area contributed by atoms with Crippen LogP contribution in [0.4, 0.5) is 0 Å². The summed E-state index contributed by atoms with van der Waals surface area (Å²) in [6.07, 6.45) is -0.452. The maximum atomic E-state index is 14.9. The van der Waals surface area contributed by atoms with Crippen molar-refractivity contribution in [3.63, 3.8) is 0 Å². The molecule has 0 amide bonds. The Morgan fingerprint density at radius 1 is 0.932 bits per heavy atom. The molecule has 0 bridgehead atoms. The molecule has 4 aliphatic rings. The van der Waals surface area contributed by atoms with Crippen LogP contribution in [0, 0.1) is 29.1 Å². The third-order valence-corrected chi connectivity index (χ3v) is 10.00. The van der Waals surface area contributed by atoms with E-state index in [1.54, 1.807) is 56.3 Å². The molecule has 5 rings (SSSR count). The molecule has 2 saturated carbocycles. The SMILES string of the molecule is CC(=O)OC[C@]12[C@@H](OC(C)=O)C=C[C@@H]3[C@@H]1[C@@](C)(OC3(C)C)C(=O)[C@]1(O)C[C@@H](C)[C@@H](OC(C)=O)[C@H]1[C@@H]2OC(=O)c1ccccc1. The highest BCUT2D eigenvalue weighted by Crippen LogP contribution is 2.67. The molecule has 1 N–H and O–H groups in total. The molecule has 1 heterocycles. The van der Waals surface area contributed by atoms with Gasteiger partial charge in [-0.2, -0.15) is 0 Å². The van der Waals surface area contributed by atoms with Gasteiger partial charge in [-0.3, -0.25) is 19.2 Å². The Bertz CT molecular complexity index is 1400. The second-order valence-corrected chi connectivity index (χ2v) is 13.4. The van der Waals surface area contributed by atoms with Gasteiger partial charge in [-0.15, -0.1) is 0 Å². The minimum atomic E-state index is -2.21. The predicted octanol–water partition coefficient (Wildman–Crippen LogP) is 2.96. The van der Waals surface area contributed by atoms with E-state index in [2.05, 4.69) is 0 Å². The molecule has 0 spiro atoms. The Morgan fingerprint density at radius 3 is 2.16 bits per heavy atom. The lowest BCUT2D eigenvalue weighted by molar-refractivity contribution is -0.204. The van der Waals surface area contributed by atoms with Crippen molar-refractivity contribution in [1.82, 2.24) is 0 Å². The average Bonchev–Trinajstić information content (AvgIpc) is 3.30. The number of Topliss-reactive ketones (excluding diaryl/α,β-unsaturated/α-hetero) is 1. The molecule has 1 aromatic rings. The summed E-state index contributed by atoms with van der Waals surface area (Å²) in [4.78, 5) is 66.3. The number of fused-ring (bicyclic) bond motifs is 1. The van der Waals surface area contributed by atoms with Gasteiger partial charge in [0.2, 0.25) is 0 Å². The Balaban J connectivity index is 1.86. The van der Waals surface area contributed by atoms with Crippen LogP contribution in [0.15, 0.2) is 42.5 Å². The van der Waals surface area contributed by atoms with Crippen LogP contribution < -0.4 is 0 Å². The molecule has 1 aliphatic heterocycles. The maximum Gasteiger partial charge on any atom is 0.338 e. The summed E-state index contributed by atoms with van der Waals surface area (Å²) in [6, 6.07) is 8.14. The minimum Gasteiger partial charge on any atom is -0.465 e. The molecule has 44 heavy (non-hydrogen) atoms. The van der Waals surface area contributed by atoms with Gasteiger partial charge in [0.25, 0.3) is 0 Å². The van der Waals surface area contributed by atoms with E-state index in [-0.39, 0.29) is 12.0 Å². The van der Waals surface area contributed by atoms with Gasteiger partial charge >= 0.3 is 23.9 Å². The van der Waals surface area contributed by atoms with Crippen molar-refractivity contribution < 1.29 is 52.8 Å². The van der Waals surface area contributed by atoms with Crippen molar-refractivity contribution in [3.05, 3.63) is 48.0 Å². The summed E-state index contributed by atoms with van der Waals surface area (Å²) in [7, 11) is 0. The van der Waals surface area contributed by atoms with Crippen LogP contribution in [0.1, 0.15) is 65.2 Å². The predicted molar refractivity (Wildman–Crippen MR) is 153 cm³/mol. The Morgan fingerprint density at radius 2 is 1.57 bits per heavy atom. The number of esters is 4. The van der Waals surface area contributed by atoms with Crippen molar-refractivity contribution in [2.24, 2.45) is 29.1 Å². The molecule has 10 atom stereocenters. The van der Waals surface area contributed by atoms with Crippen LogP contribution in [0.5, 0.6) is 0 Å². The van der Waals surface area contributed by atoms with Crippen LogP contribution in [-0.2, 0) is 42.9 Å². The summed E-state index contributed by atoms with van der Waals surface area (Å²) in [6.45, 7) is 10.1. The standard InChI is InChI=1S/C33H40O11/c1-17-15-33(39)24(25(17)42-20(4)36)27(43-28(37)21-11-9-8-10-12-21)32(16-40-18(2)34)23(41-19(3)35)14-13-22-26(32)31(7,29(33)38)44-30(22,5)6/h8-14,17,22-27,39H,15-16H2,1-7H3/t17-,22-,23+,24+,25-,26-,27+,31-,32+,33+/m1/s1. The third kappa shape index (κ3) is 4.75. The van der Waals surface area contributed by atoms with E-state index in [0.717, 1.165) is 0 Å². The molecule has 238 valence electrons. The van der Waals surface area contributed by atoms with E-state index in [1.165, 1.54) is 20.8 Å². The number of rotatable bonds is 6. The van der Waals surface area contributed by atoms with Crippen molar-refractivity contribution in [3.8, 4) is 0 Å². The van der Waals surface area contributed by atoms with Crippen LogP contribution >= 0.6 is 0 Å². The second kappa shape index (κ2) is 10.8. The van der Waals surface area contributed by atoms with Crippen molar-refractivity contribution in [1.29, 1.82) is 0 Å². The van der Waals surface area contributed by atoms with E-state index in [1.807, 2.05) is 13.8 Å². The molecule has 1 aromatic carbocycles. The number of aliphatic hydroxyl groups is 1. The van der Waals surface area contributed by atoms with Gasteiger partial charge in [0.15, 0.2) is 5.78 Å². The van der Waals surface area contributed by atoms with Gasteiger partial charge in [-0.05, 0) is 51.3 Å². The Hall–Kier alpha value is -3.57. The smallest absolute Gasteiger partial charge is 0.338 e. The summed E-state index contributed by atoms with van der Waals surface area (Å²) >= 11 is 0. The zero-order chi connectivity index (χ0) is 32.4. The first-order valence-electron chi connectivity index (χ1n) is 14.9. The Kier molecular flexibility index (Phi) is 7.82. The number of benzene rings is 1. The molecule has 3 fully saturated rings. The van der Waals surface area contributed by atoms with E-state index in [4.69, 9.17) is 23.7 Å². The number of ketones is 1. The number of ether oxygens (including phenoxy) is 5. The molecule has 0 radical (unpaired) electrons. The average molecular weight is 613 g/mol. The van der Waals surface area contributed by atoms with Gasteiger partial charge in [-0.25, -0.2) is 4.79 Å². The van der Waals surface area contributed by atoms with Gasteiger partial charge in [0, 0.05) is 32.6 Å². The molecular formula is C33H40O11. The first-order chi connectivity index (χ1) is 20.5. The molecule has 11 heteroatoms. The number of hydrogen-bond acceptors (Lipinski definition) is 11. The van der Waals surface area contributed by atoms with Crippen LogP contribution in [0.2, 0.25) is 0 Å². The molecule has 3 aliphatic carbocycles. The first kappa shape index (κ1) is 31.8. The third-order valence-electron chi connectivity index (χ3n) is 10.00. The second-order valence-electron chi connectivity index (χ2n) is 13.4. The monoisotopic (exact) mass is 612 g/mol. The van der Waals surface area contributed by atoms with Crippen molar-refractivity contribution in [2.75, 3.05) is 6.61 Å². The maximum absolute atomic E-state index is 14.9. The fraction of sp³-hybridized carbons (Fsp3) is 0.606. The van der Waals surface area contributed by atoms with Gasteiger partial charge in [-0.1, -0.05) is 31.2 Å². The fourth-order valence-electron chi connectivity index (χ4n) is 8.64. The van der Waals surface area contributed by atoms with Gasteiger partial charge in [0.1, 0.15) is 36.1 Å². The quantitative estimate of drug-likeness (QED) is 0.287. The summed E-state index contributed by atoms with van der Waals surface area (Å²) in [5.41, 5.74) is -6.41. The first-order valence-corrected chi connectivity index (χ1v) is 14.9. The largest absolute Gasteiger partial charge is 0.465 e. The molecule has 0 unspecified atom stereocenters. The zero-order valence-corrected chi connectivity index (χ0v) is 26.0. The summed E-state index contributed by atoms with van der Waals surface area (Å²) in [5.74, 6) is -6.81.